The van der Waals surface area contributed by atoms with Crippen LogP contribution in [0.4, 0.5) is 4.39 Å². The molecule has 1 N–H and O–H groups in total. The van der Waals surface area contributed by atoms with Crippen molar-refractivity contribution in [2.24, 2.45) is 0 Å². The molecule has 0 heterocycles. The topological polar surface area (TPSA) is 38.3 Å². The highest BCUT2D eigenvalue weighted by Gasteiger charge is 2.23. The van der Waals surface area contributed by atoms with Crippen molar-refractivity contribution in [1.29, 1.82) is 0 Å². The van der Waals surface area contributed by atoms with Crippen LogP contribution >= 0.6 is 0 Å². The monoisotopic (exact) mass is 349 g/mol. The average molecular weight is 349 g/mol. The van der Waals surface area contributed by atoms with Crippen molar-refractivity contribution >= 4 is 11.0 Å². The van der Waals surface area contributed by atoms with Gasteiger partial charge in [-0.15, -0.1) is 0 Å². The van der Waals surface area contributed by atoms with Crippen LogP contribution in [0.15, 0.2) is 48.5 Å². The van der Waals surface area contributed by atoms with E-state index in [0.717, 1.165) is 5.56 Å². The minimum Gasteiger partial charge on any atom is -0.489 e. The molecule has 0 aliphatic heterocycles. The summed E-state index contributed by atoms with van der Waals surface area (Å²) >= 11 is 0. The standard InChI is InChI=1S/C19H24FNO2S/c1-14(21-24(22)19(2,3)4)17-12-16(20)10-11-18(17)23-13-15-8-6-5-7-9-15/h5-12,14,21H,13H2,1-4H3/t14-,24-/m1/s1. The second-order valence-corrected chi connectivity index (χ2v) is 8.67. The quantitative estimate of drug-likeness (QED) is 0.833. The van der Waals surface area contributed by atoms with Gasteiger partial charge in [-0.05, 0) is 51.5 Å². The van der Waals surface area contributed by atoms with Crippen molar-refractivity contribution in [2.75, 3.05) is 0 Å². The minimum atomic E-state index is -1.25. The molecule has 2 atom stereocenters. The van der Waals surface area contributed by atoms with Gasteiger partial charge >= 0.3 is 0 Å². The van der Waals surface area contributed by atoms with E-state index in [1.807, 2.05) is 58.0 Å². The summed E-state index contributed by atoms with van der Waals surface area (Å²) < 4.78 is 34.5. The van der Waals surface area contributed by atoms with Gasteiger partial charge in [0.05, 0.1) is 15.7 Å². The molecule has 0 aliphatic carbocycles. The molecule has 0 unspecified atom stereocenters. The SMILES string of the molecule is C[C@@H](N[S@](=O)C(C)(C)C)c1cc(F)ccc1OCc1ccccc1. The Morgan fingerprint density at radius 2 is 1.83 bits per heavy atom. The average Bonchev–Trinajstić information content (AvgIpc) is 2.53. The highest BCUT2D eigenvalue weighted by Crippen LogP contribution is 2.28. The molecule has 0 radical (unpaired) electrons. The fourth-order valence-corrected chi connectivity index (χ4v) is 2.93. The van der Waals surface area contributed by atoms with Crippen LogP contribution in [0.25, 0.3) is 0 Å². The first-order valence-corrected chi connectivity index (χ1v) is 9.06. The van der Waals surface area contributed by atoms with E-state index < -0.39 is 15.7 Å². The predicted molar refractivity (Wildman–Crippen MR) is 96.6 cm³/mol. The fourth-order valence-electron chi connectivity index (χ4n) is 2.13. The third-order valence-electron chi connectivity index (χ3n) is 3.52. The Labute approximate surface area is 145 Å². The molecule has 0 amide bonds. The maximum Gasteiger partial charge on any atom is 0.124 e. The summed E-state index contributed by atoms with van der Waals surface area (Å²) in [7, 11) is -1.25. The molecule has 0 aromatic heterocycles. The number of nitrogens with one attached hydrogen (secondary N) is 1. The molecule has 5 heteroatoms. The van der Waals surface area contributed by atoms with Gasteiger partial charge in [-0.3, -0.25) is 0 Å². The van der Waals surface area contributed by atoms with Crippen LogP contribution in [0.5, 0.6) is 5.75 Å². The normalized spacial score (nSPS) is 14.2. The molecule has 2 aromatic rings. The molecule has 2 rings (SSSR count). The lowest BCUT2D eigenvalue weighted by Crippen LogP contribution is -2.35. The van der Waals surface area contributed by atoms with E-state index >= 15 is 0 Å². The van der Waals surface area contributed by atoms with E-state index in [9.17, 15) is 8.60 Å². The van der Waals surface area contributed by atoms with Gasteiger partial charge in [0.2, 0.25) is 0 Å². The van der Waals surface area contributed by atoms with Crippen molar-refractivity contribution in [3.63, 3.8) is 0 Å². The zero-order valence-electron chi connectivity index (χ0n) is 14.5. The maximum absolute atomic E-state index is 13.7. The molecule has 3 nitrogen and oxygen atoms in total. The lowest BCUT2D eigenvalue weighted by molar-refractivity contribution is 0.300. The van der Waals surface area contributed by atoms with Gasteiger partial charge in [0.25, 0.3) is 0 Å². The first kappa shape index (κ1) is 18.6. The fraction of sp³-hybridized carbons (Fsp3) is 0.368. The molecule has 0 fully saturated rings. The first-order valence-electron chi connectivity index (χ1n) is 7.91. The van der Waals surface area contributed by atoms with Crippen LogP contribution in [-0.4, -0.2) is 8.96 Å². The van der Waals surface area contributed by atoms with Crippen LogP contribution in [0.1, 0.15) is 44.9 Å². The Morgan fingerprint density at radius 1 is 1.17 bits per heavy atom. The number of hydrogen-bond acceptors (Lipinski definition) is 2. The molecule has 24 heavy (non-hydrogen) atoms. The lowest BCUT2D eigenvalue weighted by Gasteiger charge is -2.23. The summed E-state index contributed by atoms with van der Waals surface area (Å²) in [5.74, 6) is 0.249. The summed E-state index contributed by atoms with van der Waals surface area (Å²) in [6.07, 6.45) is 0. The van der Waals surface area contributed by atoms with Crippen LogP contribution in [-0.2, 0) is 17.6 Å². The molecule has 0 saturated heterocycles. The van der Waals surface area contributed by atoms with Gasteiger partial charge < -0.3 is 4.74 Å². The molecule has 130 valence electrons. The van der Waals surface area contributed by atoms with Crippen LogP contribution < -0.4 is 9.46 Å². The Kier molecular flexibility index (Phi) is 6.13. The first-order chi connectivity index (χ1) is 11.3. The number of benzene rings is 2. The smallest absolute Gasteiger partial charge is 0.124 e. The summed E-state index contributed by atoms with van der Waals surface area (Å²) in [4.78, 5) is 0. The zero-order chi connectivity index (χ0) is 17.7. The van der Waals surface area contributed by atoms with Gasteiger partial charge in [0.1, 0.15) is 18.2 Å². The van der Waals surface area contributed by atoms with Gasteiger partial charge in [-0.25, -0.2) is 13.3 Å². The zero-order valence-corrected chi connectivity index (χ0v) is 15.3. The summed E-state index contributed by atoms with van der Waals surface area (Å²) in [6, 6.07) is 13.9. The second kappa shape index (κ2) is 7.90. The highest BCUT2D eigenvalue weighted by atomic mass is 32.2. The van der Waals surface area contributed by atoms with Gasteiger partial charge in [0, 0.05) is 11.6 Å². The summed E-state index contributed by atoms with van der Waals surface area (Å²) in [5, 5.41) is 0. The number of halogens is 1. The van der Waals surface area contributed by atoms with E-state index in [2.05, 4.69) is 4.72 Å². The third-order valence-corrected chi connectivity index (χ3v) is 5.20. The highest BCUT2D eigenvalue weighted by molar-refractivity contribution is 7.84. The van der Waals surface area contributed by atoms with E-state index in [-0.39, 0.29) is 11.9 Å². The van der Waals surface area contributed by atoms with Crippen molar-refractivity contribution in [2.45, 2.75) is 45.1 Å². The van der Waals surface area contributed by atoms with Crippen molar-refractivity contribution < 1.29 is 13.3 Å². The number of ether oxygens (including phenoxy) is 1. The molecular weight excluding hydrogens is 325 g/mol. The number of rotatable bonds is 6. The van der Waals surface area contributed by atoms with Crippen molar-refractivity contribution in [3.8, 4) is 5.75 Å². The Bertz CT molecular complexity index is 698. The lowest BCUT2D eigenvalue weighted by atomic mass is 10.1. The minimum absolute atomic E-state index is 0.300. The van der Waals surface area contributed by atoms with E-state index in [0.29, 0.717) is 17.9 Å². The molecular formula is C19H24FNO2S. The Hall–Kier alpha value is -1.72. The molecule has 0 saturated carbocycles. The predicted octanol–water partition coefficient (Wildman–Crippen LogP) is 4.52. The Balaban J connectivity index is 2.16. The van der Waals surface area contributed by atoms with E-state index in [1.54, 1.807) is 6.07 Å². The van der Waals surface area contributed by atoms with Gasteiger partial charge in [0.15, 0.2) is 0 Å². The number of hydrogen-bond donors (Lipinski definition) is 1. The van der Waals surface area contributed by atoms with Gasteiger partial charge in [-0.1, -0.05) is 30.3 Å². The van der Waals surface area contributed by atoms with Gasteiger partial charge in [-0.2, -0.15) is 0 Å². The van der Waals surface area contributed by atoms with Crippen molar-refractivity contribution in [1.82, 2.24) is 4.72 Å². The molecule has 0 spiro atoms. The molecule has 0 bridgehead atoms. The molecule has 2 aromatic carbocycles. The van der Waals surface area contributed by atoms with Crippen LogP contribution in [0, 0.1) is 5.82 Å². The van der Waals surface area contributed by atoms with E-state index in [1.165, 1.54) is 12.1 Å². The van der Waals surface area contributed by atoms with Crippen molar-refractivity contribution in [3.05, 3.63) is 65.5 Å². The second-order valence-electron chi connectivity index (χ2n) is 6.68. The van der Waals surface area contributed by atoms with E-state index in [4.69, 9.17) is 4.74 Å². The van der Waals surface area contributed by atoms with Crippen LogP contribution in [0.2, 0.25) is 0 Å². The molecule has 0 aliphatic rings. The third kappa shape index (κ3) is 5.14. The Morgan fingerprint density at radius 3 is 2.46 bits per heavy atom. The summed E-state index contributed by atoms with van der Waals surface area (Å²) in [5.41, 5.74) is 1.69. The summed E-state index contributed by atoms with van der Waals surface area (Å²) in [6.45, 7) is 7.92. The maximum atomic E-state index is 13.7. The largest absolute Gasteiger partial charge is 0.489 e. The van der Waals surface area contributed by atoms with Crippen LogP contribution in [0.3, 0.4) is 0 Å².